The maximum Gasteiger partial charge on any atom is 0.186 e. The molecule has 5 heteroatoms. The van der Waals surface area contributed by atoms with Crippen molar-refractivity contribution >= 4 is 34.0 Å². The first-order chi connectivity index (χ1) is 7.56. The number of carbonyl (C=O) groups is 1. The molecule has 0 saturated carbocycles. The highest BCUT2D eigenvalue weighted by atomic mass is 32.2. The molecule has 0 N–H and O–H groups in total. The van der Waals surface area contributed by atoms with Gasteiger partial charge in [-0.3, -0.25) is 4.79 Å². The molecule has 0 amide bonds. The summed E-state index contributed by atoms with van der Waals surface area (Å²) in [4.78, 5) is 18.6. The molecule has 16 heavy (non-hydrogen) atoms. The van der Waals surface area contributed by atoms with Gasteiger partial charge in [0.05, 0.1) is 11.1 Å². The third kappa shape index (κ3) is 2.58. The topological polar surface area (TPSA) is 33.2 Å². The number of ketones is 1. The maximum absolute atomic E-state index is 11.2. The second-order valence-corrected chi connectivity index (χ2v) is 7.12. The van der Waals surface area contributed by atoms with Crippen LogP contribution in [0.5, 0.6) is 0 Å². The number of hydrogen-bond acceptors (Lipinski definition) is 5. The molecule has 1 aliphatic rings. The van der Waals surface area contributed by atoms with E-state index in [4.69, 9.17) is 0 Å². The Bertz CT molecular complexity index is 381. The fraction of sp³-hybridized carbons (Fsp3) is 0.636. The molecule has 2 rings (SSSR count). The molecular weight excluding hydrogens is 240 g/mol. The van der Waals surface area contributed by atoms with Crippen LogP contribution in [-0.4, -0.2) is 34.4 Å². The third-order valence-electron chi connectivity index (χ3n) is 2.53. The van der Waals surface area contributed by atoms with Gasteiger partial charge in [-0.05, 0) is 0 Å². The highest BCUT2D eigenvalue weighted by molar-refractivity contribution is 8.00. The quantitative estimate of drug-likeness (QED) is 0.762. The number of rotatable bonds is 2. The molecule has 3 nitrogen and oxygen atoms in total. The van der Waals surface area contributed by atoms with Crippen LogP contribution in [0, 0.1) is 0 Å². The first-order valence-corrected chi connectivity index (χ1v) is 7.19. The summed E-state index contributed by atoms with van der Waals surface area (Å²) >= 11 is 3.53. The molecule has 1 saturated heterocycles. The number of hydrogen-bond donors (Lipinski definition) is 0. The first kappa shape index (κ1) is 11.9. The van der Waals surface area contributed by atoms with E-state index in [1.807, 2.05) is 11.8 Å². The Balaban J connectivity index is 2.13. The maximum atomic E-state index is 11.2. The monoisotopic (exact) mass is 256 g/mol. The predicted molar refractivity (Wildman–Crippen MR) is 70.8 cm³/mol. The summed E-state index contributed by atoms with van der Waals surface area (Å²) in [6.45, 7) is 8.13. The van der Waals surface area contributed by atoms with E-state index < -0.39 is 0 Å². The number of Topliss-reactive ketones (excluding diaryl/α,β-unsaturated/α-hetero) is 1. The van der Waals surface area contributed by atoms with Gasteiger partial charge < -0.3 is 4.90 Å². The van der Waals surface area contributed by atoms with E-state index in [2.05, 4.69) is 23.7 Å². The van der Waals surface area contributed by atoms with Crippen LogP contribution in [-0.2, 0) is 0 Å². The van der Waals surface area contributed by atoms with Gasteiger partial charge in [0.15, 0.2) is 10.9 Å². The van der Waals surface area contributed by atoms with Crippen molar-refractivity contribution in [1.29, 1.82) is 0 Å². The van der Waals surface area contributed by atoms with Crippen LogP contribution in [0.2, 0.25) is 0 Å². The number of thiazole rings is 1. The lowest BCUT2D eigenvalue weighted by atomic mass is 10.3. The average Bonchev–Trinajstić information content (AvgIpc) is 2.64. The summed E-state index contributed by atoms with van der Waals surface area (Å²) < 4.78 is 0. The van der Waals surface area contributed by atoms with Crippen molar-refractivity contribution in [3.63, 3.8) is 0 Å². The Morgan fingerprint density at radius 1 is 1.44 bits per heavy atom. The highest BCUT2D eigenvalue weighted by Crippen LogP contribution is 2.30. The smallest absolute Gasteiger partial charge is 0.186 e. The molecule has 88 valence electrons. The van der Waals surface area contributed by atoms with Crippen LogP contribution in [0.15, 0.2) is 6.20 Å². The van der Waals surface area contributed by atoms with Crippen molar-refractivity contribution < 1.29 is 4.79 Å². The zero-order valence-corrected chi connectivity index (χ0v) is 11.4. The summed E-state index contributed by atoms with van der Waals surface area (Å²) in [5.41, 5.74) is 0. The fourth-order valence-electron chi connectivity index (χ4n) is 1.91. The summed E-state index contributed by atoms with van der Waals surface area (Å²) in [5, 5.41) is 2.26. The van der Waals surface area contributed by atoms with Crippen LogP contribution in [0.25, 0.3) is 0 Å². The molecule has 2 atom stereocenters. The number of nitrogens with zero attached hydrogens (tertiary/aromatic N) is 2. The number of thioether (sulfide) groups is 1. The molecule has 0 spiro atoms. The SMILES string of the molecule is CC(=O)c1cnc(N2CC(C)SC(C)C2)s1. The first-order valence-electron chi connectivity index (χ1n) is 5.43. The Morgan fingerprint density at radius 2 is 2.06 bits per heavy atom. The minimum Gasteiger partial charge on any atom is -0.346 e. The van der Waals surface area contributed by atoms with Crippen molar-refractivity contribution in [3.05, 3.63) is 11.1 Å². The van der Waals surface area contributed by atoms with E-state index in [0.717, 1.165) is 23.1 Å². The van der Waals surface area contributed by atoms with Crippen molar-refractivity contribution in [2.24, 2.45) is 0 Å². The minimum absolute atomic E-state index is 0.108. The number of carbonyl (C=O) groups excluding carboxylic acids is 1. The van der Waals surface area contributed by atoms with Crippen molar-refractivity contribution in [1.82, 2.24) is 4.98 Å². The molecule has 2 unspecified atom stereocenters. The Kier molecular flexibility index (Phi) is 3.54. The second-order valence-electron chi connectivity index (χ2n) is 4.23. The fourth-order valence-corrected chi connectivity index (χ4v) is 4.06. The van der Waals surface area contributed by atoms with E-state index in [0.29, 0.717) is 10.5 Å². The van der Waals surface area contributed by atoms with Crippen LogP contribution >= 0.6 is 23.1 Å². The highest BCUT2D eigenvalue weighted by Gasteiger charge is 2.24. The van der Waals surface area contributed by atoms with E-state index >= 15 is 0 Å². The standard InChI is InChI=1S/C11H16N2OS2/c1-7-5-13(6-8(2)15-7)11-12-4-10(16-11)9(3)14/h4,7-8H,5-6H2,1-3H3. The van der Waals surface area contributed by atoms with E-state index in [1.54, 1.807) is 13.1 Å². The Hall–Kier alpha value is -0.550. The lowest BCUT2D eigenvalue weighted by molar-refractivity contribution is 0.102. The minimum atomic E-state index is 0.108. The summed E-state index contributed by atoms with van der Waals surface area (Å²) in [7, 11) is 0. The lowest BCUT2D eigenvalue weighted by Gasteiger charge is -2.34. The van der Waals surface area contributed by atoms with E-state index in [-0.39, 0.29) is 5.78 Å². The summed E-state index contributed by atoms with van der Waals surface area (Å²) in [5.74, 6) is 0.108. The van der Waals surface area contributed by atoms with Crippen LogP contribution < -0.4 is 4.90 Å². The molecule has 1 aromatic heterocycles. The molecule has 2 heterocycles. The van der Waals surface area contributed by atoms with Crippen molar-refractivity contribution in [2.45, 2.75) is 31.3 Å². The molecule has 1 aliphatic heterocycles. The molecule has 0 radical (unpaired) electrons. The number of anilines is 1. The van der Waals surface area contributed by atoms with Crippen LogP contribution in [0.1, 0.15) is 30.4 Å². The van der Waals surface area contributed by atoms with Gasteiger partial charge in [0.1, 0.15) is 0 Å². The summed E-state index contributed by atoms with van der Waals surface area (Å²) in [6, 6.07) is 0. The van der Waals surface area contributed by atoms with Gasteiger partial charge in [-0.1, -0.05) is 25.2 Å². The summed E-state index contributed by atoms with van der Waals surface area (Å²) in [6.07, 6.45) is 1.69. The molecular formula is C11H16N2OS2. The van der Waals surface area contributed by atoms with Gasteiger partial charge in [0.25, 0.3) is 0 Å². The van der Waals surface area contributed by atoms with Gasteiger partial charge in [-0.25, -0.2) is 4.98 Å². The lowest BCUT2D eigenvalue weighted by Crippen LogP contribution is -2.40. The second kappa shape index (κ2) is 4.75. The predicted octanol–water partition coefficient (Wildman–Crippen LogP) is 2.68. The zero-order chi connectivity index (χ0) is 11.7. The van der Waals surface area contributed by atoms with E-state index in [9.17, 15) is 4.79 Å². The van der Waals surface area contributed by atoms with Crippen molar-refractivity contribution in [3.8, 4) is 0 Å². The molecule has 0 aromatic carbocycles. The van der Waals surface area contributed by atoms with Gasteiger partial charge >= 0.3 is 0 Å². The van der Waals surface area contributed by atoms with Crippen molar-refractivity contribution in [2.75, 3.05) is 18.0 Å². The van der Waals surface area contributed by atoms with Gasteiger partial charge in [-0.2, -0.15) is 11.8 Å². The normalized spacial score (nSPS) is 25.8. The van der Waals surface area contributed by atoms with Gasteiger partial charge in [0, 0.05) is 30.5 Å². The largest absolute Gasteiger partial charge is 0.346 e. The molecule has 1 fully saturated rings. The van der Waals surface area contributed by atoms with E-state index in [1.165, 1.54) is 11.3 Å². The Morgan fingerprint density at radius 3 is 2.56 bits per heavy atom. The Labute approximate surface area is 104 Å². The average molecular weight is 256 g/mol. The molecule has 1 aromatic rings. The number of aromatic nitrogens is 1. The van der Waals surface area contributed by atoms with Gasteiger partial charge in [-0.15, -0.1) is 0 Å². The zero-order valence-electron chi connectivity index (χ0n) is 9.77. The molecule has 0 bridgehead atoms. The van der Waals surface area contributed by atoms with Gasteiger partial charge in [0.2, 0.25) is 0 Å². The molecule has 0 aliphatic carbocycles. The van der Waals surface area contributed by atoms with Crippen LogP contribution in [0.3, 0.4) is 0 Å². The third-order valence-corrected chi connectivity index (χ3v) is 4.92. The van der Waals surface area contributed by atoms with Crippen LogP contribution in [0.4, 0.5) is 5.13 Å².